The zero-order valence-electron chi connectivity index (χ0n) is 13.3. The van der Waals surface area contributed by atoms with Crippen LogP contribution in [0.1, 0.15) is 18.0 Å². The number of aromatic nitrogens is 3. The zero-order valence-corrected chi connectivity index (χ0v) is 13.3. The van der Waals surface area contributed by atoms with E-state index in [2.05, 4.69) is 10.2 Å². The van der Waals surface area contributed by atoms with Crippen LogP contribution in [0.2, 0.25) is 0 Å². The third kappa shape index (κ3) is 3.28. The molecule has 122 valence electrons. The van der Waals surface area contributed by atoms with E-state index in [4.69, 9.17) is 9.47 Å². The maximum absolute atomic E-state index is 12.5. The van der Waals surface area contributed by atoms with Gasteiger partial charge in [-0.05, 0) is 24.1 Å². The molecule has 1 aromatic heterocycles. The topological polar surface area (TPSA) is 69.5 Å². The van der Waals surface area contributed by atoms with Crippen molar-refractivity contribution in [2.24, 2.45) is 0 Å². The molecule has 1 unspecified atom stereocenters. The minimum Gasteiger partial charge on any atom is -0.493 e. The van der Waals surface area contributed by atoms with Crippen molar-refractivity contribution in [3.8, 4) is 11.5 Å². The molecule has 7 heteroatoms. The molecular weight excluding hydrogens is 296 g/mol. The van der Waals surface area contributed by atoms with Crippen LogP contribution < -0.4 is 9.47 Å². The minimum atomic E-state index is 0.104. The zero-order chi connectivity index (χ0) is 16.2. The molecule has 1 aliphatic rings. The second-order valence-corrected chi connectivity index (χ2v) is 5.50. The van der Waals surface area contributed by atoms with E-state index < -0.39 is 0 Å². The van der Waals surface area contributed by atoms with Crippen LogP contribution in [0.15, 0.2) is 30.6 Å². The van der Waals surface area contributed by atoms with E-state index in [9.17, 15) is 4.79 Å². The van der Waals surface area contributed by atoms with Gasteiger partial charge in [-0.3, -0.25) is 4.79 Å². The first-order valence-corrected chi connectivity index (χ1v) is 7.55. The lowest BCUT2D eigenvalue weighted by Gasteiger charge is -2.17. The Bertz CT molecular complexity index is 672. The Morgan fingerprint density at radius 3 is 2.65 bits per heavy atom. The molecule has 1 saturated heterocycles. The quantitative estimate of drug-likeness (QED) is 0.832. The first-order valence-electron chi connectivity index (χ1n) is 7.55. The predicted molar refractivity (Wildman–Crippen MR) is 83.5 cm³/mol. The number of carbonyl (C=O) groups is 1. The standard InChI is InChI=1S/C16H20N4O3/c1-22-14-4-3-12(9-15(14)23-2)10-16(21)19-8-5-13(11-19)20-17-6-7-18-20/h3-4,6-7,9,13H,5,8,10-11H2,1-2H3. The Morgan fingerprint density at radius 1 is 1.22 bits per heavy atom. The van der Waals surface area contributed by atoms with Crippen LogP contribution in [0.3, 0.4) is 0 Å². The lowest BCUT2D eigenvalue weighted by molar-refractivity contribution is -0.129. The van der Waals surface area contributed by atoms with E-state index in [1.165, 1.54) is 0 Å². The van der Waals surface area contributed by atoms with Crippen LogP contribution in [0.25, 0.3) is 0 Å². The van der Waals surface area contributed by atoms with Gasteiger partial charge in [0.25, 0.3) is 0 Å². The Labute approximate surface area is 134 Å². The van der Waals surface area contributed by atoms with Crippen molar-refractivity contribution >= 4 is 5.91 Å². The molecule has 2 heterocycles. The molecule has 1 amide bonds. The van der Waals surface area contributed by atoms with Crippen LogP contribution in [-0.2, 0) is 11.2 Å². The molecule has 0 aliphatic carbocycles. The largest absolute Gasteiger partial charge is 0.493 e. The minimum absolute atomic E-state index is 0.104. The van der Waals surface area contributed by atoms with Gasteiger partial charge >= 0.3 is 0 Å². The van der Waals surface area contributed by atoms with Gasteiger partial charge in [-0.2, -0.15) is 15.0 Å². The molecule has 0 N–H and O–H groups in total. The summed E-state index contributed by atoms with van der Waals surface area (Å²) in [6, 6.07) is 5.72. The summed E-state index contributed by atoms with van der Waals surface area (Å²) in [5, 5.41) is 8.31. The molecule has 2 aromatic rings. The predicted octanol–water partition coefficient (Wildman–Crippen LogP) is 1.31. The molecule has 1 atom stereocenters. The summed E-state index contributed by atoms with van der Waals surface area (Å²) >= 11 is 0. The first kappa shape index (κ1) is 15.3. The van der Waals surface area contributed by atoms with Crippen molar-refractivity contribution in [1.29, 1.82) is 0 Å². The number of ether oxygens (including phenoxy) is 2. The summed E-state index contributed by atoms with van der Waals surface area (Å²) in [5.74, 6) is 1.40. The summed E-state index contributed by atoms with van der Waals surface area (Å²) in [5.41, 5.74) is 0.910. The van der Waals surface area contributed by atoms with Gasteiger partial charge in [-0.15, -0.1) is 0 Å². The molecule has 23 heavy (non-hydrogen) atoms. The Balaban J connectivity index is 1.63. The average molecular weight is 316 g/mol. The van der Waals surface area contributed by atoms with Gasteiger partial charge in [-0.25, -0.2) is 0 Å². The Morgan fingerprint density at radius 2 is 1.96 bits per heavy atom. The average Bonchev–Trinajstić information content (AvgIpc) is 3.25. The van der Waals surface area contributed by atoms with Gasteiger partial charge in [-0.1, -0.05) is 6.07 Å². The number of nitrogens with zero attached hydrogens (tertiary/aromatic N) is 4. The van der Waals surface area contributed by atoms with Gasteiger partial charge < -0.3 is 14.4 Å². The van der Waals surface area contributed by atoms with Crippen molar-refractivity contribution < 1.29 is 14.3 Å². The third-order valence-corrected chi connectivity index (χ3v) is 4.08. The molecule has 0 radical (unpaired) electrons. The van der Waals surface area contributed by atoms with E-state index >= 15 is 0 Å². The monoisotopic (exact) mass is 316 g/mol. The lowest BCUT2D eigenvalue weighted by atomic mass is 10.1. The number of benzene rings is 1. The SMILES string of the molecule is COc1ccc(CC(=O)N2CCC(n3nccn3)C2)cc1OC. The highest BCUT2D eigenvalue weighted by Crippen LogP contribution is 2.28. The number of likely N-dealkylation sites (tertiary alicyclic amines) is 1. The molecule has 0 spiro atoms. The highest BCUT2D eigenvalue weighted by atomic mass is 16.5. The van der Waals surface area contributed by atoms with Gasteiger partial charge in [0.15, 0.2) is 11.5 Å². The van der Waals surface area contributed by atoms with Crippen LogP contribution in [-0.4, -0.2) is 53.1 Å². The molecular formula is C16H20N4O3. The summed E-state index contributed by atoms with van der Waals surface area (Å²) < 4.78 is 10.5. The van der Waals surface area contributed by atoms with E-state index in [1.807, 2.05) is 23.1 Å². The van der Waals surface area contributed by atoms with Crippen molar-refractivity contribution in [3.05, 3.63) is 36.2 Å². The van der Waals surface area contributed by atoms with Crippen LogP contribution in [0.5, 0.6) is 11.5 Å². The molecule has 7 nitrogen and oxygen atoms in total. The van der Waals surface area contributed by atoms with Gasteiger partial charge in [0.1, 0.15) is 0 Å². The Kier molecular flexibility index (Phi) is 4.45. The summed E-state index contributed by atoms with van der Waals surface area (Å²) in [6.45, 7) is 1.39. The van der Waals surface area contributed by atoms with Crippen LogP contribution >= 0.6 is 0 Å². The van der Waals surface area contributed by atoms with Crippen molar-refractivity contribution in [1.82, 2.24) is 19.9 Å². The smallest absolute Gasteiger partial charge is 0.227 e. The summed E-state index contributed by atoms with van der Waals surface area (Å²) in [7, 11) is 3.18. The number of methoxy groups -OCH3 is 2. The fourth-order valence-corrected chi connectivity index (χ4v) is 2.85. The summed E-state index contributed by atoms with van der Waals surface area (Å²) in [4.78, 5) is 16.0. The maximum atomic E-state index is 12.5. The van der Waals surface area contributed by atoms with Crippen LogP contribution in [0, 0.1) is 0 Å². The molecule has 1 fully saturated rings. The van der Waals surface area contributed by atoms with Gasteiger partial charge in [0.05, 0.1) is 39.1 Å². The van der Waals surface area contributed by atoms with Gasteiger partial charge in [0.2, 0.25) is 5.91 Å². The highest BCUT2D eigenvalue weighted by molar-refractivity contribution is 5.79. The second-order valence-electron chi connectivity index (χ2n) is 5.50. The van der Waals surface area contributed by atoms with Gasteiger partial charge in [0, 0.05) is 13.1 Å². The molecule has 1 aliphatic heterocycles. The number of hydrogen-bond donors (Lipinski definition) is 0. The van der Waals surface area contributed by atoms with E-state index in [1.54, 1.807) is 31.4 Å². The molecule has 0 bridgehead atoms. The number of hydrogen-bond acceptors (Lipinski definition) is 5. The molecule has 3 rings (SSSR count). The van der Waals surface area contributed by atoms with E-state index in [-0.39, 0.29) is 11.9 Å². The third-order valence-electron chi connectivity index (χ3n) is 4.08. The second kappa shape index (κ2) is 6.68. The van der Waals surface area contributed by atoms with Crippen LogP contribution in [0.4, 0.5) is 0 Å². The van der Waals surface area contributed by atoms with Crippen molar-refractivity contribution in [2.45, 2.75) is 18.9 Å². The number of rotatable bonds is 5. The maximum Gasteiger partial charge on any atom is 0.227 e. The van der Waals surface area contributed by atoms with Crippen molar-refractivity contribution in [3.63, 3.8) is 0 Å². The molecule has 0 saturated carbocycles. The molecule has 1 aromatic carbocycles. The fraction of sp³-hybridized carbons (Fsp3) is 0.438. The van der Waals surface area contributed by atoms with E-state index in [0.29, 0.717) is 24.5 Å². The number of carbonyl (C=O) groups excluding carboxylic acids is 1. The first-order chi connectivity index (χ1) is 11.2. The summed E-state index contributed by atoms with van der Waals surface area (Å²) in [6.07, 6.45) is 4.55. The highest BCUT2D eigenvalue weighted by Gasteiger charge is 2.28. The van der Waals surface area contributed by atoms with E-state index in [0.717, 1.165) is 18.5 Å². The normalized spacial score (nSPS) is 17.3. The fourth-order valence-electron chi connectivity index (χ4n) is 2.85. The Hall–Kier alpha value is -2.57. The number of amides is 1. The van der Waals surface area contributed by atoms with Crippen molar-refractivity contribution in [2.75, 3.05) is 27.3 Å². The lowest BCUT2D eigenvalue weighted by Crippen LogP contribution is -2.30.